The number of ether oxygens (including phenoxy) is 1. The van der Waals surface area contributed by atoms with Crippen molar-refractivity contribution in [1.82, 2.24) is 14.5 Å². The fourth-order valence-corrected chi connectivity index (χ4v) is 5.66. The molecule has 0 spiro atoms. The van der Waals surface area contributed by atoms with Gasteiger partial charge in [-0.3, -0.25) is 4.79 Å². The SMILES string of the molecule is COC(=O)N1CCc2ccc3c(nc(C4CCCC4)n3C[C@@H](CC(=O)O)c3ccccc3)c2C1. The molecule has 0 saturated heterocycles. The summed E-state index contributed by atoms with van der Waals surface area (Å²) in [7, 11) is 1.41. The Morgan fingerprint density at radius 3 is 2.62 bits per heavy atom. The topological polar surface area (TPSA) is 84.7 Å². The molecule has 7 nitrogen and oxygen atoms in total. The Morgan fingerprint density at radius 2 is 1.91 bits per heavy atom. The molecule has 1 aliphatic carbocycles. The van der Waals surface area contributed by atoms with Gasteiger partial charge in [0.05, 0.1) is 31.1 Å². The molecule has 1 atom stereocenters. The number of amides is 1. The summed E-state index contributed by atoms with van der Waals surface area (Å²) in [4.78, 5) is 30.9. The predicted octanol–water partition coefficient (Wildman–Crippen LogP) is 5.08. The third kappa shape index (κ3) is 4.27. The van der Waals surface area contributed by atoms with E-state index in [0.717, 1.165) is 47.2 Å². The highest BCUT2D eigenvalue weighted by molar-refractivity contribution is 5.82. The monoisotopic (exact) mass is 461 g/mol. The lowest BCUT2D eigenvalue weighted by Crippen LogP contribution is -2.35. The van der Waals surface area contributed by atoms with Gasteiger partial charge in [-0.2, -0.15) is 0 Å². The van der Waals surface area contributed by atoms with E-state index >= 15 is 0 Å². The van der Waals surface area contributed by atoms with E-state index < -0.39 is 5.97 Å². The highest BCUT2D eigenvalue weighted by Crippen LogP contribution is 2.38. The number of carboxylic acids is 1. The number of carbonyl (C=O) groups excluding carboxylic acids is 1. The third-order valence-corrected chi connectivity index (χ3v) is 7.40. The first kappa shape index (κ1) is 22.4. The lowest BCUT2D eigenvalue weighted by atomic mass is 9.95. The summed E-state index contributed by atoms with van der Waals surface area (Å²) >= 11 is 0. The number of carbonyl (C=O) groups is 2. The molecule has 34 heavy (non-hydrogen) atoms. The molecule has 1 aliphatic heterocycles. The number of hydrogen-bond acceptors (Lipinski definition) is 4. The Bertz CT molecular complexity index is 1200. The molecular formula is C27H31N3O4. The first-order chi connectivity index (χ1) is 16.5. The fraction of sp³-hybridized carbons (Fsp3) is 0.444. The molecule has 1 fully saturated rings. The molecule has 2 aliphatic rings. The minimum absolute atomic E-state index is 0.0643. The Hall–Kier alpha value is -3.35. The Morgan fingerprint density at radius 1 is 1.15 bits per heavy atom. The van der Waals surface area contributed by atoms with Gasteiger partial charge in [0.1, 0.15) is 5.82 Å². The Kier molecular flexibility index (Phi) is 6.26. The van der Waals surface area contributed by atoms with Crippen molar-refractivity contribution >= 4 is 23.1 Å². The van der Waals surface area contributed by atoms with Crippen LogP contribution < -0.4 is 0 Å². The summed E-state index contributed by atoms with van der Waals surface area (Å²) in [5.74, 6) is 0.484. The first-order valence-electron chi connectivity index (χ1n) is 12.2. The molecule has 0 radical (unpaired) electrons. The van der Waals surface area contributed by atoms with Crippen molar-refractivity contribution < 1.29 is 19.4 Å². The number of aliphatic carboxylic acids is 1. The van der Waals surface area contributed by atoms with Gasteiger partial charge in [-0.15, -0.1) is 0 Å². The molecule has 5 rings (SSSR count). The second kappa shape index (κ2) is 9.49. The van der Waals surface area contributed by atoms with Crippen molar-refractivity contribution in [3.63, 3.8) is 0 Å². The summed E-state index contributed by atoms with van der Waals surface area (Å²) in [5.41, 5.74) is 5.30. The standard InChI is InChI=1S/C27H31N3O4/c1-34-27(33)29-14-13-19-11-12-23-25(22(19)17-29)28-26(20-9-5-6-10-20)30(23)16-21(15-24(31)32)18-7-3-2-4-8-18/h2-4,7-8,11-12,20-21H,5-6,9-10,13-17H2,1H3,(H,31,32)/t21-/m1/s1. The second-order valence-corrected chi connectivity index (χ2v) is 9.48. The van der Waals surface area contributed by atoms with Gasteiger partial charge in [0.15, 0.2) is 0 Å². The minimum Gasteiger partial charge on any atom is -0.481 e. The highest BCUT2D eigenvalue weighted by Gasteiger charge is 2.29. The molecule has 1 aromatic heterocycles. The largest absolute Gasteiger partial charge is 0.481 e. The second-order valence-electron chi connectivity index (χ2n) is 9.48. The van der Waals surface area contributed by atoms with Crippen molar-refractivity contribution in [3.05, 3.63) is 65.0 Å². The van der Waals surface area contributed by atoms with Crippen LogP contribution in [0.3, 0.4) is 0 Å². The lowest BCUT2D eigenvalue weighted by Gasteiger charge is -2.27. The van der Waals surface area contributed by atoms with E-state index in [2.05, 4.69) is 16.7 Å². The van der Waals surface area contributed by atoms with Crippen LogP contribution in [0.4, 0.5) is 4.79 Å². The zero-order valence-electron chi connectivity index (χ0n) is 19.6. The van der Waals surface area contributed by atoms with Crippen molar-refractivity contribution in [2.45, 2.75) is 63.5 Å². The van der Waals surface area contributed by atoms with Crippen molar-refractivity contribution in [1.29, 1.82) is 0 Å². The molecule has 178 valence electrons. The van der Waals surface area contributed by atoms with Crippen molar-refractivity contribution in [2.75, 3.05) is 13.7 Å². The van der Waals surface area contributed by atoms with Crippen molar-refractivity contribution in [2.24, 2.45) is 0 Å². The van der Waals surface area contributed by atoms with Gasteiger partial charge in [-0.05, 0) is 36.5 Å². The minimum atomic E-state index is -0.799. The normalized spacial score (nSPS) is 17.0. The van der Waals surface area contributed by atoms with Crippen LogP contribution in [-0.2, 0) is 29.0 Å². The number of nitrogens with zero attached hydrogens (tertiary/aromatic N) is 3. The van der Waals surface area contributed by atoms with Gasteiger partial charge in [0.25, 0.3) is 0 Å². The first-order valence-corrected chi connectivity index (χ1v) is 12.2. The van der Waals surface area contributed by atoms with E-state index in [1.165, 1.54) is 25.5 Å². The molecule has 1 amide bonds. The van der Waals surface area contributed by atoms with Crippen LogP contribution in [0.1, 0.15) is 66.5 Å². The van der Waals surface area contributed by atoms with E-state index in [9.17, 15) is 14.7 Å². The fourth-order valence-electron chi connectivity index (χ4n) is 5.66. The van der Waals surface area contributed by atoms with Gasteiger partial charge in [-0.25, -0.2) is 9.78 Å². The summed E-state index contributed by atoms with van der Waals surface area (Å²) in [6.07, 6.45) is 5.12. The van der Waals surface area contributed by atoms with Gasteiger partial charge in [-0.1, -0.05) is 49.2 Å². The van der Waals surface area contributed by atoms with Crippen LogP contribution >= 0.6 is 0 Å². The average molecular weight is 462 g/mol. The van der Waals surface area contributed by atoms with Crippen LogP contribution in [0.2, 0.25) is 0 Å². The zero-order valence-corrected chi connectivity index (χ0v) is 19.6. The Balaban J connectivity index is 1.60. The quantitative estimate of drug-likeness (QED) is 0.554. The van der Waals surface area contributed by atoms with E-state index in [1.54, 1.807) is 4.90 Å². The zero-order chi connectivity index (χ0) is 23.7. The number of carboxylic acid groups (broad SMARTS) is 1. The number of hydrogen-bond donors (Lipinski definition) is 1. The van der Waals surface area contributed by atoms with E-state index in [-0.39, 0.29) is 18.4 Å². The molecule has 7 heteroatoms. The van der Waals surface area contributed by atoms with Gasteiger partial charge in [0, 0.05) is 30.5 Å². The molecule has 2 heterocycles. The van der Waals surface area contributed by atoms with Gasteiger partial charge >= 0.3 is 12.1 Å². The third-order valence-electron chi connectivity index (χ3n) is 7.40. The maximum absolute atomic E-state index is 12.2. The summed E-state index contributed by atoms with van der Waals surface area (Å²) in [6.45, 7) is 1.69. The number of fused-ring (bicyclic) bond motifs is 3. The van der Waals surface area contributed by atoms with E-state index in [0.29, 0.717) is 25.6 Å². The number of rotatable bonds is 6. The number of methoxy groups -OCH3 is 1. The van der Waals surface area contributed by atoms with Crippen LogP contribution in [0.25, 0.3) is 11.0 Å². The molecule has 3 aromatic rings. The smallest absolute Gasteiger partial charge is 0.409 e. The molecule has 2 aromatic carbocycles. The molecular weight excluding hydrogens is 430 g/mol. The van der Waals surface area contributed by atoms with E-state index in [1.807, 2.05) is 30.3 Å². The molecule has 0 bridgehead atoms. The molecule has 1 saturated carbocycles. The average Bonchev–Trinajstić information content (AvgIpc) is 3.51. The molecule has 0 unspecified atom stereocenters. The number of benzene rings is 2. The van der Waals surface area contributed by atoms with E-state index in [4.69, 9.17) is 9.72 Å². The number of aromatic nitrogens is 2. The maximum atomic E-state index is 12.2. The maximum Gasteiger partial charge on any atom is 0.409 e. The van der Waals surface area contributed by atoms with Gasteiger partial charge in [0.2, 0.25) is 0 Å². The lowest BCUT2D eigenvalue weighted by molar-refractivity contribution is -0.137. The summed E-state index contributed by atoms with van der Waals surface area (Å²) in [6, 6.07) is 14.2. The molecule has 1 N–H and O–H groups in total. The van der Waals surface area contributed by atoms with Gasteiger partial charge < -0.3 is 19.3 Å². The van der Waals surface area contributed by atoms with Crippen LogP contribution in [0.5, 0.6) is 0 Å². The van der Waals surface area contributed by atoms with Crippen LogP contribution in [-0.4, -0.2) is 45.3 Å². The van der Waals surface area contributed by atoms with Crippen LogP contribution in [0.15, 0.2) is 42.5 Å². The summed E-state index contributed by atoms with van der Waals surface area (Å²) in [5, 5.41) is 9.66. The Labute approximate surface area is 199 Å². The summed E-state index contributed by atoms with van der Waals surface area (Å²) < 4.78 is 7.24. The predicted molar refractivity (Wildman–Crippen MR) is 129 cm³/mol. The highest BCUT2D eigenvalue weighted by atomic mass is 16.5. The number of imidazole rings is 1. The van der Waals surface area contributed by atoms with Crippen LogP contribution in [0, 0.1) is 0 Å². The van der Waals surface area contributed by atoms with Crippen molar-refractivity contribution in [3.8, 4) is 0 Å².